The minimum atomic E-state index is -0.369. The largest absolute Gasteiger partial charge is 0.469 e. The molecule has 1 atom stereocenters. The van der Waals surface area contributed by atoms with Gasteiger partial charge in [0.05, 0.1) is 19.6 Å². The van der Waals surface area contributed by atoms with Crippen LogP contribution in [0.3, 0.4) is 0 Å². The summed E-state index contributed by atoms with van der Waals surface area (Å²) in [5, 5.41) is 5.77. The van der Waals surface area contributed by atoms with Crippen LogP contribution >= 0.6 is 0 Å². The molecule has 19 heavy (non-hydrogen) atoms. The molecule has 0 heterocycles. The maximum atomic E-state index is 11.9. The first-order valence-corrected chi connectivity index (χ1v) is 6.20. The molecule has 0 saturated heterocycles. The summed E-state index contributed by atoms with van der Waals surface area (Å²) in [6.07, 6.45) is 0.249. The van der Waals surface area contributed by atoms with Crippen molar-refractivity contribution in [1.29, 1.82) is 0 Å². The van der Waals surface area contributed by atoms with E-state index in [4.69, 9.17) is 0 Å². The number of anilines is 1. The zero-order chi connectivity index (χ0) is 14.3. The first kappa shape index (κ1) is 15.2. The fourth-order valence-electron chi connectivity index (χ4n) is 1.47. The van der Waals surface area contributed by atoms with E-state index in [-0.39, 0.29) is 24.3 Å². The third kappa shape index (κ3) is 5.52. The molecule has 5 heteroatoms. The van der Waals surface area contributed by atoms with Gasteiger partial charge in [-0.15, -0.1) is 0 Å². The van der Waals surface area contributed by atoms with Crippen molar-refractivity contribution in [1.82, 2.24) is 5.32 Å². The molecule has 1 unspecified atom stereocenters. The lowest BCUT2D eigenvalue weighted by Crippen LogP contribution is -2.39. The molecule has 0 bridgehead atoms. The van der Waals surface area contributed by atoms with Gasteiger partial charge in [0.2, 0.25) is 5.91 Å². The minimum absolute atomic E-state index is 0.131. The average molecular weight is 264 g/mol. The van der Waals surface area contributed by atoms with Crippen molar-refractivity contribution in [3.8, 4) is 0 Å². The maximum absolute atomic E-state index is 11.9. The Bertz CT molecular complexity index is 429. The highest BCUT2D eigenvalue weighted by Crippen LogP contribution is 2.08. The molecule has 0 spiro atoms. The second kappa shape index (κ2) is 7.53. The van der Waals surface area contributed by atoms with Gasteiger partial charge in [-0.25, -0.2) is 0 Å². The predicted octanol–water partition coefficient (Wildman–Crippen LogP) is 1.47. The highest BCUT2D eigenvalue weighted by molar-refractivity contribution is 5.94. The lowest BCUT2D eigenvalue weighted by Gasteiger charge is -2.13. The molecular weight excluding hydrogens is 244 g/mol. The number of aryl methyl sites for hydroxylation is 1. The number of hydrogen-bond donors (Lipinski definition) is 2. The summed E-state index contributed by atoms with van der Waals surface area (Å²) in [5.41, 5.74) is 1.90. The lowest BCUT2D eigenvalue weighted by molar-refractivity contribution is -0.140. The number of rotatable bonds is 6. The highest BCUT2D eigenvalue weighted by Gasteiger charge is 2.12. The van der Waals surface area contributed by atoms with Gasteiger partial charge in [0.15, 0.2) is 0 Å². The molecule has 0 radical (unpaired) electrons. The van der Waals surface area contributed by atoms with Crippen LogP contribution in [-0.2, 0) is 14.3 Å². The van der Waals surface area contributed by atoms with E-state index in [2.05, 4.69) is 15.4 Å². The summed E-state index contributed by atoms with van der Waals surface area (Å²) in [4.78, 5) is 22.8. The summed E-state index contributed by atoms with van der Waals surface area (Å²) in [6, 6.07) is 7.21. The number of hydrogen-bond acceptors (Lipinski definition) is 4. The van der Waals surface area contributed by atoms with Crippen molar-refractivity contribution in [3.05, 3.63) is 29.8 Å². The Kier molecular flexibility index (Phi) is 6.02. The zero-order valence-electron chi connectivity index (χ0n) is 11.5. The number of esters is 1. The van der Waals surface area contributed by atoms with Crippen molar-refractivity contribution in [2.45, 2.75) is 26.3 Å². The van der Waals surface area contributed by atoms with Crippen molar-refractivity contribution < 1.29 is 14.3 Å². The Hall–Kier alpha value is -1.88. The monoisotopic (exact) mass is 264 g/mol. The summed E-state index contributed by atoms with van der Waals surface area (Å²) in [7, 11) is 1.34. The number of nitrogens with one attached hydrogen (secondary N) is 2. The third-order valence-electron chi connectivity index (χ3n) is 2.72. The van der Waals surface area contributed by atoms with Crippen molar-refractivity contribution in [2.75, 3.05) is 19.0 Å². The smallest absolute Gasteiger partial charge is 0.306 e. The Labute approximate surface area is 113 Å². The standard InChI is InChI=1S/C14H20N2O3/c1-10-4-6-12(7-5-10)16-14(18)11(2)15-9-8-13(17)19-3/h4-7,11,15H,8-9H2,1-3H3,(H,16,18). The second-order valence-electron chi connectivity index (χ2n) is 4.36. The van der Waals surface area contributed by atoms with Gasteiger partial charge in [-0.1, -0.05) is 17.7 Å². The Morgan fingerprint density at radius 2 is 1.89 bits per heavy atom. The molecular formula is C14H20N2O3. The van der Waals surface area contributed by atoms with Crippen LogP contribution in [0, 0.1) is 6.92 Å². The molecule has 1 rings (SSSR count). The Balaban J connectivity index is 2.36. The quantitative estimate of drug-likeness (QED) is 0.764. The fourth-order valence-corrected chi connectivity index (χ4v) is 1.47. The summed E-state index contributed by atoms with van der Waals surface area (Å²) in [6.45, 7) is 4.15. The molecule has 1 aromatic rings. The normalized spacial score (nSPS) is 11.7. The number of ether oxygens (including phenoxy) is 1. The predicted molar refractivity (Wildman–Crippen MR) is 73.9 cm³/mol. The van der Waals surface area contributed by atoms with Crippen LogP contribution in [0.4, 0.5) is 5.69 Å². The van der Waals surface area contributed by atoms with Crippen LogP contribution in [0.15, 0.2) is 24.3 Å². The highest BCUT2D eigenvalue weighted by atomic mass is 16.5. The number of amides is 1. The molecule has 0 aliphatic carbocycles. The Morgan fingerprint density at radius 1 is 1.26 bits per heavy atom. The molecule has 0 aliphatic heterocycles. The van der Waals surface area contributed by atoms with Gasteiger partial charge in [0.1, 0.15) is 0 Å². The third-order valence-corrected chi connectivity index (χ3v) is 2.72. The number of carbonyl (C=O) groups is 2. The number of methoxy groups -OCH3 is 1. The number of carbonyl (C=O) groups excluding carboxylic acids is 2. The van der Waals surface area contributed by atoms with Crippen LogP contribution in [0.5, 0.6) is 0 Å². The fraction of sp³-hybridized carbons (Fsp3) is 0.429. The molecule has 2 N–H and O–H groups in total. The van der Waals surface area contributed by atoms with Crippen LogP contribution < -0.4 is 10.6 Å². The van der Waals surface area contributed by atoms with Crippen LogP contribution in [0.2, 0.25) is 0 Å². The van der Waals surface area contributed by atoms with E-state index in [9.17, 15) is 9.59 Å². The van der Waals surface area contributed by atoms with Crippen LogP contribution in [0.25, 0.3) is 0 Å². The first-order valence-electron chi connectivity index (χ1n) is 6.20. The minimum Gasteiger partial charge on any atom is -0.469 e. The van der Waals surface area contributed by atoms with Crippen molar-refractivity contribution in [2.24, 2.45) is 0 Å². The molecule has 5 nitrogen and oxygen atoms in total. The van der Waals surface area contributed by atoms with E-state index in [1.54, 1.807) is 6.92 Å². The van der Waals surface area contributed by atoms with Gasteiger partial charge in [-0.05, 0) is 26.0 Å². The molecule has 1 amide bonds. The molecule has 0 fully saturated rings. The van der Waals surface area contributed by atoms with Crippen LogP contribution in [0.1, 0.15) is 18.9 Å². The second-order valence-corrected chi connectivity index (χ2v) is 4.36. The first-order chi connectivity index (χ1) is 9.02. The van der Waals surface area contributed by atoms with Gasteiger partial charge in [0, 0.05) is 12.2 Å². The van der Waals surface area contributed by atoms with Crippen molar-refractivity contribution >= 4 is 17.6 Å². The van der Waals surface area contributed by atoms with E-state index in [1.807, 2.05) is 31.2 Å². The summed E-state index contributed by atoms with van der Waals surface area (Å²) < 4.78 is 4.52. The van der Waals surface area contributed by atoms with E-state index in [1.165, 1.54) is 7.11 Å². The van der Waals surface area contributed by atoms with Gasteiger partial charge >= 0.3 is 5.97 Å². The topological polar surface area (TPSA) is 67.4 Å². The van der Waals surface area contributed by atoms with E-state index in [0.717, 1.165) is 11.3 Å². The van der Waals surface area contributed by atoms with Crippen LogP contribution in [-0.4, -0.2) is 31.6 Å². The lowest BCUT2D eigenvalue weighted by atomic mass is 10.2. The van der Waals surface area contributed by atoms with E-state index < -0.39 is 0 Å². The maximum Gasteiger partial charge on any atom is 0.306 e. The van der Waals surface area contributed by atoms with E-state index in [0.29, 0.717) is 6.54 Å². The van der Waals surface area contributed by atoms with Crippen molar-refractivity contribution in [3.63, 3.8) is 0 Å². The summed E-state index contributed by atoms with van der Waals surface area (Å²) >= 11 is 0. The van der Waals surface area contributed by atoms with E-state index >= 15 is 0 Å². The molecule has 0 saturated carbocycles. The molecule has 0 aromatic heterocycles. The van der Waals surface area contributed by atoms with Gasteiger partial charge in [-0.2, -0.15) is 0 Å². The Morgan fingerprint density at radius 3 is 2.47 bits per heavy atom. The summed E-state index contributed by atoms with van der Waals surface area (Å²) in [5.74, 6) is -0.424. The van der Waals surface area contributed by atoms with Gasteiger partial charge in [-0.3, -0.25) is 9.59 Å². The average Bonchev–Trinajstić information content (AvgIpc) is 2.40. The van der Waals surface area contributed by atoms with Gasteiger partial charge < -0.3 is 15.4 Å². The zero-order valence-corrected chi connectivity index (χ0v) is 11.5. The molecule has 1 aromatic carbocycles. The van der Waals surface area contributed by atoms with Gasteiger partial charge in [0.25, 0.3) is 0 Å². The SMILES string of the molecule is COC(=O)CCNC(C)C(=O)Nc1ccc(C)cc1. The number of benzene rings is 1. The molecule has 104 valence electrons. The molecule has 0 aliphatic rings.